The lowest BCUT2D eigenvalue weighted by atomic mass is 9.97. The molecule has 1 aromatic carbocycles. The van der Waals surface area contributed by atoms with Crippen LogP contribution in [0.5, 0.6) is 0 Å². The predicted molar refractivity (Wildman–Crippen MR) is 116 cm³/mol. The van der Waals surface area contributed by atoms with Crippen molar-refractivity contribution in [3.8, 4) is 0 Å². The van der Waals surface area contributed by atoms with Crippen LogP contribution in [0.25, 0.3) is 0 Å². The zero-order valence-corrected chi connectivity index (χ0v) is 18.4. The monoisotopic (exact) mass is 411 g/mol. The largest absolute Gasteiger partial charge is 0.303 e. The Balaban J connectivity index is 1.56. The molecule has 4 nitrogen and oxygen atoms in total. The second-order valence-corrected chi connectivity index (χ2v) is 9.97. The number of aryl methyl sites for hydroxylation is 3. The van der Waals surface area contributed by atoms with Crippen molar-refractivity contribution < 1.29 is 4.79 Å². The Morgan fingerprint density at radius 2 is 1.96 bits per heavy atom. The minimum absolute atomic E-state index is 0.163. The first-order chi connectivity index (χ1) is 13.4. The van der Waals surface area contributed by atoms with Crippen molar-refractivity contribution in [3.05, 3.63) is 62.6 Å². The fourth-order valence-electron chi connectivity index (χ4n) is 3.43. The first-order valence-corrected chi connectivity index (χ1v) is 11.4. The third kappa shape index (κ3) is 3.94. The number of carbonyl (C=O) groups is 1. The first kappa shape index (κ1) is 19.4. The van der Waals surface area contributed by atoms with Crippen molar-refractivity contribution in [1.82, 2.24) is 14.8 Å². The number of benzene rings is 1. The average Bonchev–Trinajstić information content (AvgIpc) is 3.22. The van der Waals surface area contributed by atoms with Crippen LogP contribution >= 0.6 is 23.1 Å². The van der Waals surface area contributed by atoms with Gasteiger partial charge in [0.1, 0.15) is 5.82 Å². The molecule has 1 atom stereocenters. The molecule has 2 heterocycles. The lowest BCUT2D eigenvalue weighted by Crippen LogP contribution is -2.16. The number of hydrogen-bond acceptors (Lipinski definition) is 5. The first-order valence-electron chi connectivity index (χ1n) is 9.69. The molecule has 0 N–H and O–H groups in total. The summed E-state index contributed by atoms with van der Waals surface area (Å²) in [7, 11) is 0. The fraction of sp³-hybridized carbons (Fsp3) is 0.409. The molecule has 1 aliphatic carbocycles. The van der Waals surface area contributed by atoms with Crippen LogP contribution in [0.15, 0.2) is 34.8 Å². The summed E-state index contributed by atoms with van der Waals surface area (Å²) < 4.78 is 2.27. The van der Waals surface area contributed by atoms with Crippen molar-refractivity contribution in [2.75, 3.05) is 0 Å². The van der Waals surface area contributed by atoms with Crippen LogP contribution in [0.3, 0.4) is 0 Å². The Morgan fingerprint density at radius 1 is 1.21 bits per heavy atom. The van der Waals surface area contributed by atoms with Crippen molar-refractivity contribution >= 4 is 28.9 Å². The summed E-state index contributed by atoms with van der Waals surface area (Å²) in [5.74, 6) is 1.17. The Kier molecular flexibility index (Phi) is 5.43. The third-order valence-electron chi connectivity index (χ3n) is 5.32. The highest BCUT2D eigenvalue weighted by molar-refractivity contribution is 8.00. The van der Waals surface area contributed by atoms with Crippen LogP contribution in [-0.4, -0.2) is 25.8 Å². The number of thiophene rings is 1. The van der Waals surface area contributed by atoms with Gasteiger partial charge in [-0.1, -0.05) is 23.9 Å². The van der Waals surface area contributed by atoms with Gasteiger partial charge in [0.2, 0.25) is 0 Å². The fourth-order valence-corrected chi connectivity index (χ4v) is 5.14. The van der Waals surface area contributed by atoms with E-state index in [1.807, 2.05) is 19.9 Å². The molecule has 0 aliphatic heterocycles. The molecule has 0 amide bonds. The van der Waals surface area contributed by atoms with Crippen molar-refractivity contribution in [2.24, 2.45) is 0 Å². The summed E-state index contributed by atoms with van der Waals surface area (Å²) >= 11 is 3.28. The minimum atomic E-state index is -0.197. The lowest BCUT2D eigenvalue weighted by Gasteiger charge is -2.15. The summed E-state index contributed by atoms with van der Waals surface area (Å²) in [5.41, 5.74) is 4.24. The number of rotatable bonds is 7. The Labute approximate surface area is 174 Å². The van der Waals surface area contributed by atoms with Crippen molar-refractivity contribution in [2.45, 2.75) is 63.4 Å². The number of aromatic nitrogens is 3. The van der Waals surface area contributed by atoms with Gasteiger partial charge >= 0.3 is 0 Å². The molecule has 28 heavy (non-hydrogen) atoms. The number of carbonyl (C=O) groups excluding carboxylic acids is 1. The molecule has 0 saturated heterocycles. The second kappa shape index (κ2) is 7.84. The number of thioether (sulfide) groups is 1. The third-order valence-corrected chi connectivity index (χ3v) is 7.25. The molecule has 0 spiro atoms. The maximum atomic E-state index is 13.1. The van der Waals surface area contributed by atoms with E-state index in [-0.39, 0.29) is 11.0 Å². The van der Waals surface area contributed by atoms with Gasteiger partial charge in [0, 0.05) is 22.9 Å². The number of Topliss-reactive ketones (excluding diaryl/α,β-unsaturated/α-hetero) is 1. The Bertz CT molecular complexity index is 1000. The van der Waals surface area contributed by atoms with Crippen molar-refractivity contribution in [3.63, 3.8) is 0 Å². The Hall–Kier alpha value is -1.92. The molecule has 0 unspecified atom stereocenters. The maximum Gasteiger partial charge on any atom is 0.192 e. The molecule has 146 valence electrons. The van der Waals surface area contributed by atoms with Crippen LogP contribution in [-0.2, 0) is 6.42 Å². The minimum Gasteiger partial charge on any atom is -0.303 e. The summed E-state index contributed by atoms with van der Waals surface area (Å²) in [4.78, 5) is 14.4. The van der Waals surface area contributed by atoms with Gasteiger partial charge in [0.05, 0.1) is 5.25 Å². The average molecular weight is 412 g/mol. The van der Waals surface area contributed by atoms with Crippen LogP contribution in [0.4, 0.5) is 0 Å². The van der Waals surface area contributed by atoms with E-state index in [0.29, 0.717) is 6.04 Å². The molecule has 1 aliphatic rings. The van der Waals surface area contributed by atoms with E-state index < -0.39 is 0 Å². The van der Waals surface area contributed by atoms with Crippen LogP contribution in [0.1, 0.15) is 63.6 Å². The summed E-state index contributed by atoms with van der Waals surface area (Å²) in [5, 5.41) is 11.7. The van der Waals surface area contributed by atoms with Gasteiger partial charge in [0.15, 0.2) is 10.9 Å². The number of nitrogens with zero attached hydrogens (tertiary/aromatic N) is 3. The quantitative estimate of drug-likeness (QED) is 0.377. The van der Waals surface area contributed by atoms with E-state index in [0.717, 1.165) is 34.1 Å². The molecule has 1 saturated carbocycles. The van der Waals surface area contributed by atoms with Gasteiger partial charge in [-0.2, -0.15) is 0 Å². The van der Waals surface area contributed by atoms with Gasteiger partial charge in [-0.05, 0) is 74.7 Å². The van der Waals surface area contributed by atoms with E-state index in [4.69, 9.17) is 0 Å². The highest BCUT2D eigenvalue weighted by Crippen LogP contribution is 2.40. The summed E-state index contributed by atoms with van der Waals surface area (Å²) in [6.45, 7) is 8.14. The lowest BCUT2D eigenvalue weighted by molar-refractivity contribution is 0.0993. The summed E-state index contributed by atoms with van der Waals surface area (Å²) in [6.07, 6.45) is 3.14. The van der Waals surface area contributed by atoms with Gasteiger partial charge in [0.25, 0.3) is 0 Å². The molecule has 4 rings (SSSR count). The predicted octanol–water partition coefficient (Wildman–Crippen LogP) is 5.55. The molecule has 3 aromatic rings. The SMILES string of the molecule is Cc1cc(C)c(C(=O)[C@@H](C)Sc2nnc(Cc3cccs3)n2C2CC2)cc1C. The molecule has 2 aromatic heterocycles. The van der Waals surface area contributed by atoms with Gasteiger partial charge < -0.3 is 4.57 Å². The molecular formula is C22H25N3OS2. The van der Waals surface area contributed by atoms with Gasteiger partial charge in [-0.25, -0.2) is 0 Å². The number of hydrogen-bond donors (Lipinski definition) is 0. The maximum absolute atomic E-state index is 13.1. The highest BCUT2D eigenvalue weighted by atomic mass is 32.2. The smallest absolute Gasteiger partial charge is 0.192 e. The van der Waals surface area contributed by atoms with Crippen molar-refractivity contribution in [1.29, 1.82) is 0 Å². The van der Waals surface area contributed by atoms with E-state index in [2.05, 4.69) is 52.2 Å². The Morgan fingerprint density at radius 3 is 2.64 bits per heavy atom. The van der Waals surface area contributed by atoms with Crippen LogP contribution in [0.2, 0.25) is 0 Å². The van der Waals surface area contributed by atoms with Crippen LogP contribution in [0, 0.1) is 20.8 Å². The zero-order valence-electron chi connectivity index (χ0n) is 16.7. The standard InChI is InChI=1S/C22H25N3OS2/c1-13-10-15(3)19(11-14(13)2)21(26)16(4)28-22-24-23-20(25(22)17-7-8-17)12-18-6-5-9-27-18/h5-6,9-11,16-17H,7-8,12H2,1-4H3/t16-/m1/s1. The topological polar surface area (TPSA) is 47.8 Å². The van der Waals surface area contributed by atoms with E-state index in [1.54, 1.807) is 11.3 Å². The van der Waals surface area contributed by atoms with Crippen LogP contribution < -0.4 is 0 Å². The van der Waals surface area contributed by atoms with E-state index in [1.165, 1.54) is 35.0 Å². The van der Waals surface area contributed by atoms with Gasteiger partial charge in [-0.3, -0.25) is 4.79 Å². The normalized spacial score (nSPS) is 15.0. The number of ketones is 1. The molecule has 0 radical (unpaired) electrons. The molecular weight excluding hydrogens is 386 g/mol. The highest BCUT2D eigenvalue weighted by Gasteiger charge is 2.31. The van der Waals surface area contributed by atoms with E-state index >= 15 is 0 Å². The van der Waals surface area contributed by atoms with Gasteiger partial charge in [-0.15, -0.1) is 21.5 Å². The summed E-state index contributed by atoms with van der Waals surface area (Å²) in [6, 6.07) is 8.82. The van der Waals surface area contributed by atoms with E-state index in [9.17, 15) is 4.79 Å². The zero-order chi connectivity index (χ0) is 19.8. The molecule has 0 bridgehead atoms. The molecule has 6 heteroatoms. The second-order valence-electron chi connectivity index (χ2n) is 7.63. The molecule has 1 fully saturated rings.